The second-order valence-corrected chi connectivity index (χ2v) is 6.18. The Labute approximate surface area is 143 Å². The van der Waals surface area contributed by atoms with Crippen molar-refractivity contribution in [1.29, 1.82) is 0 Å². The fourth-order valence-corrected chi connectivity index (χ4v) is 3.09. The van der Waals surface area contributed by atoms with Gasteiger partial charge in [-0.05, 0) is 30.7 Å². The Morgan fingerprint density at radius 1 is 1.12 bits per heavy atom. The van der Waals surface area contributed by atoms with Gasteiger partial charge in [0, 0.05) is 44.8 Å². The van der Waals surface area contributed by atoms with Gasteiger partial charge in [-0.15, -0.1) is 0 Å². The number of hydrogen-bond acceptors (Lipinski definition) is 4. The van der Waals surface area contributed by atoms with Crippen molar-refractivity contribution in [2.24, 2.45) is 0 Å². The van der Waals surface area contributed by atoms with Crippen LogP contribution in [0.1, 0.15) is 12.5 Å². The molecule has 1 aromatic heterocycles. The molecule has 1 aliphatic rings. The van der Waals surface area contributed by atoms with E-state index in [2.05, 4.69) is 39.4 Å². The fraction of sp³-hybridized carbons (Fsp3) is 0.421. The van der Waals surface area contributed by atoms with Crippen molar-refractivity contribution in [2.75, 3.05) is 39.3 Å². The molecule has 5 heteroatoms. The zero-order valence-corrected chi connectivity index (χ0v) is 14.2. The van der Waals surface area contributed by atoms with Crippen molar-refractivity contribution in [3.8, 4) is 11.3 Å². The molecule has 0 aliphatic carbocycles. The van der Waals surface area contributed by atoms with Crippen LogP contribution < -0.4 is 5.32 Å². The number of nitrogens with one attached hydrogen (secondary N) is 1. The Morgan fingerprint density at radius 3 is 2.62 bits per heavy atom. The lowest BCUT2D eigenvalue weighted by atomic mass is 10.1. The number of carbonyl (C=O) groups is 1. The molecule has 1 aromatic carbocycles. The molecule has 1 fully saturated rings. The van der Waals surface area contributed by atoms with Crippen LogP contribution in [0.2, 0.25) is 0 Å². The molecule has 0 spiro atoms. The molecule has 0 saturated carbocycles. The van der Waals surface area contributed by atoms with Gasteiger partial charge in [-0.2, -0.15) is 0 Å². The van der Waals surface area contributed by atoms with E-state index in [0.717, 1.165) is 44.0 Å². The highest BCUT2D eigenvalue weighted by atomic mass is 16.3. The van der Waals surface area contributed by atoms with E-state index in [-0.39, 0.29) is 5.91 Å². The minimum atomic E-state index is 0.122. The lowest BCUT2D eigenvalue weighted by Gasteiger charge is -2.34. The fourth-order valence-electron chi connectivity index (χ4n) is 3.09. The molecule has 1 N–H and O–H groups in total. The first kappa shape index (κ1) is 16.7. The van der Waals surface area contributed by atoms with E-state index in [9.17, 15) is 4.79 Å². The third-order valence-corrected chi connectivity index (χ3v) is 4.34. The standard InChI is InChI=1S/C19H25N3O2/c1-2-20-19(23)15-22-10-8-21(9-11-22)14-16-5-3-6-17(13-16)18-7-4-12-24-18/h3-7,12-13H,2,8-11,14-15H2,1H3,(H,20,23). The van der Waals surface area contributed by atoms with Crippen molar-refractivity contribution in [2.45, 2.75) is 13.5 Å². The topological polar surface area (TPSA) is 48.7 Å². The molecule has 0 radical (unpaired) electrons. The predicted octanol–water partition coefficient (Wildman–Crippen LogP) is 2.20. The SMILES string of the molecule is CCNC(=O)CN1CCN(Cc2cccc(-c3ccco3)c2)CC1. The maximum Gasteiger partial charge on any atom is 0.234 e. The summed E-state index contributed by atoms with van der Waals surface area (Å²) in [4.78, 5) is 16.3. The lowest BCUT2D eigenvalue weighted by Crippen LogP contribution is -2.49. The highest BCUT2D eigenvalue weighted by Gasteiger charge is 2.18. The summed E-state index contributed by atoms with van der Waals surface area (Å²) < 4.78 is 5.48. The zero-order valence-electron chi connectivity index (χ0n) is 14.2. The van der Waals surface area contributed by atoms with Gasteiger partial charge in [-0.1, -0.05) is 18.2 Å². The summed E-state index contributed by atoms with van der Waals surface area (Å²) in [6.07, 6.45) is 1.70. The Bertz CT molecular complexity index is 646. The highest BCUT2D eigenvalue weighted by molar-refractivity contribution is 5.77. The molecule has 128 valence electrons. The van der Waals surface area contributed by atoms with Crippen molar-refractivity contribution >= 4 is 5.91 Å². The summed E-state index contributed by atoms with van der Waals surface area (Å²) in [6, 6.07) is 12.4. The third-order valence-electron chi connectivity index (χ3n) is 4.34. The van der Waals surface area contributed by atoms with Crippen LogP contribution in [-0.2, 0) is 11.3 Å². The quantitative estimate of drug-likeness (QED) is 0.884. The van der Waals surface area contributed by atoms with Crippen LogP contribution in [0.5, 0.6) is 0 Å². The molecule has 2 aromatic rings. The van der Waals surface area contributed by atoms with E-state index >= 15 is 0 Å². The molecule has 1 amide bonds. The first-order valence-corrected chi connectivity index (χ1v) is 8.59. The van der Waals surface area contributed by atoms with E-state index < -0.39 is 0 Å². The average Bonchev–Trinajstić information content (AvgIpc) is 3.12. The van der Waals surface area contributed by atoms with Crippen LogP contribution in [-0.4, -0.2) is 55.0 Å². The van der Waals surface area contributed by atoms with Crippen molar-refractivity contribution in [3.05, 3.63) is 48.2 Å². The van der Waals surface area contributed by atoms with E-state index in [1.807, 2.05) is 19.1 Å². The molecular weight excluding hydrogens is 302 g/mol. The summed E-state index contributed by atoms with van der Waals surface area (Å²) in [7, 11) is 0. The summed E-state index contributed by atoms with van der Waals surface area (Å²) in [5.74, 6) is 1.03. The minimum absolute atomic E-state index is 0.122. The van der Waals surface area contributed by atoms with Crippen LogP contribution in [0, 0.1) is 0 Å². The molecule has 24 heavy (non-hydrogen) atoms. The number of hydrogen-bond donors (Lipinski definition) is 1. The highest BCUT2D eigenvalue weighted by Crippen LogP contribution is 2.21. The Morgan fingerprint density at radius 2 is 1.92 bits per heavy atom. The van der Waals surface area contributed by atoms with E-state index in [0.29, 0.717) is 13.1 Å². The van der Waals surface area contributed by atoms with Crippen molar-refractivity contribution in [3.63, 3.8) is 0 Å². The molecular formula is C19H25N3O2. The Balaban J connectivity index is 1.51. The van der Waals surface area contributed by atoms with E-state index in [1.165, 1.54) is 5.56 Å². The number of nitrogens with zero attached hydrogens (tertiary/aromatic N) is 2. The van der Waals surface area contributed by atoms with E-state index in [4.69, 9.17) is 4.42 Å². The van der Waals surface area contributed by atoms with Gasteiger partial charge in [0.15, 0.2) is 0 Å². The first-order valence-electron chi connectivity index (χ1n) is 8.59. The molecule has 0 unspecified atom stereocenters. The van der Waals surface area contributed by atoms with Gasteiger partial charge in [-0.3, -0.25) is 14.6 Å². The zero-order chi connectivity index (χ0) is 16.8. The van der Waals surface area contributed by atoms with Gasteiger partial charge in [0.05, 0.1) is 12.8 Å². The Hall–Kier alpha value is -2.11. The largest absolute Gasteiger partial charge is 0.464 e. The molecule has 3 rings (SSSR count). The smallest absolute Gasteiger partial charge is 0.234 e. The van der Waals surface area contributed by atoms with Gasteiger partial charge in [0.25, 0.3) is 0 Å². The number of rotatable bonds is 6. The minimum Gasteiger partial charge on any atom is -0.464 e. The third kappa shape index (κ3) is 4.46. The first-order chi connectivity index (χ1) is 11.7. The van der Waals surface area contributed by atoms with Crippen LogP contribution in [0.25, 0.3) is 11.3 Å². The number of furan rings is 1. The normalized spacial score (nSPS) is 16.2. The number of carbonyl (C=O) groups excluding carboxylic acids is 1. The van der Waals surface area contributed by atoms with Gasteiger partial charge in [-0.25, -0.2) is 0 Å². The van der Waals surface area contributed by atoms with E-state index in [1.54, 1.807) is 6.26 Å². The molecule has 2 heterocycles. The second kappa shape index (κ2) is 8.13. The summed E-state index contributed by atoms with van der Waals surface area (Å²) in [5, 5.41) is 2.86. The van der Waals surface area contributed by atoms with Gasteiger partial charge < -0.3 is 9.73 Å². The van der Waals surface area contributed by atoms with Gasteiger partial charge >= 0.3 is 0 Å². The predicted molar refractivity (Wildman–Crippen MR) is 94.5 cm³/mol. The number of benzene rings is 1. The van der Waals surface area contributed by atoms with Crippen LogP contribution in [0.15, 0.2) is 47.1 Å². The number of piperazine rings is 1. The van der Waals surface area contributed by atoms with Crippen molar-refractivity contribution < 1.29 is 9.21 Å². The number of likely N-dealkylation sites (N-methyl/N-ethyl adjacent to an activating group) is 1. The van der Waals surface area contributed by atoms with Crippen LogP contribution in [0.4, 0.5) is 0 Å². The molecule has 1 saturated heterocycles. The molecule has 0 atom stereocenters. The monoisotopic (exact) mass is 327 g/mol. The second-order valence-electron chi connectivity index (χ2n) is 6.18. The van der Waals surface area contributed by atoms with Gasteiger partial charge in [0.2, 0.25) is 5.91 Å². The van der Waals surface area contributed by atoms with Crippen LogP contribution in [0.3, 0.4) is 0 Å². The van der Waals surface area contributed by atoms with Crippen molar-refractivity contribution in [1.82, 2.24) is 15.1 Å². The maximum absolute atomic E-state index is 11.7. The van der Waals surface area contributed by atoms with Crippen LogP contribution >= 0.6 is 0 Å². The molecule has 1 aliphatic heterocycles. The summed E-state index contributed by atoms with van der Waals surface area (Å²) in [6.45, 7) is 7.95. The lowest BCUT2D eigenvalue weighted by molar-refractivity contribution is -0.122. The molecule has 0 bridgehead atoms. The Kier molecular flexibility index (Phi) is 5.67. The number of amides is 1. The molecule has 5 nitrogen and oxygen atoms in total. The summed E-state index contributed by atoms with van der Waals surface area (Å²) >= 11 is 0. The maximum atomic E-state index is 11.7. The summed E-state index contributed by atoms with van der Waals surface area (Å²) in [5.41, 5.74) is 2.41. The van der Waals surface area contributed by atoms with Gasteiger partial charge in [0.1, 0.15) is 5.76 Å². The average molecular weight is 327 g/mol.